The first-order chi connectivity index (χ1) is 17.9. The number of allylic oxidation sites excluding steroid dienone is 2. The van der Waals surface area contributed by atoms with Crippen LogP contribution in [0.2, 0.25) is 0 Å². The van der Waals surface area contributed by atoms with Gasteiger partial charge in [-0.2, -0.15) is 8.42 Å². The fourth-order valence-corrected chi connectivity index (χ4v) is 13.6. The summed E-state index contributed by atoms with van der Waals surface area (Å²) in [7, 11) is -3.68. The van der Waals surface area contributed by atoms with E-state index in [-0.39, 0.29) is 11.8 Å². The first-order valence-electron chi connectivity index (χ1n) is 14.9. The number of rotatable bonds is 4. The molecule has 0 aromatic carbocycles. The van der Waals surface area contributed by atoms with Crippen molar-refractivity contribution in [3.05, 3.63) is 12.2 Å². The van der Waals surface area contributed by atoms with Crippen molar-refractivity contribution in [2.45, 2.75) is 63.4 Å². The van der Waals surface area contributed by atoms with E-state index in [0.717, 1.165) is 72.9 Å². The molecule has 17 unspecified atom stereocenters. The molecule has 8 fully saturated rings. The molecule has 7 nitrogen and oxygen atoms in total. The van der Waals surface area contributed by atoms with Gasteiger partial charge in [-0.1, -0.05) is 12.2 Å². The topological polar surface area (TPSA) is 88.1 Å². The molecule has 8 aliphatic carbocycles. The number of hydrogen-bond acceptors (Lipinski definition) is 7. The van der Waals surface area contributed by atoms with Crippen molar-refractivity contribution in [2.75, 3.05) is 12.9 Å². The molecule has 0 N–H and O–H groups in total. The van der Waals surface area contributed by atoms with Crippen LogP contribution in [0, 0.1) is 82.9 Å². The van der Waals surface area contributed by atoms with Crippen molar-refractivity contribution >= 4 is 16.3 Å². The van der Waals surface area contributed by atoms with E-state index in [1.807, 2.05) is 0 Å². The summed E-state index contributed by atoms with van der Waals surface area (Å²) in [6, 6.07) is 0. The standard InChI is InChI=1S/C29H38O7S/c1-37(31,32)36-28-19-11-18(27(28)35-29(30)34-20-4-2-3-7-33-20)25-16-10-17(26(19)25)24-15-9-14(23(16)24)21-12-5-6-13(8-12)22(15)21/h5-6,12-28H,2-4,7-11H2,1H3. The highest BCUT2D eigenvalue weighted by Gasteiger charge is 2.77. The maximum Gasteiger partial charge on any atom is 0.510 e. The normalized spacial score (nSPS) is 59.1. The molecular formula is C29H38O7S. The van der Waals surface area contributed by atoms with E-state index < -0.39 is 34.8 Å². The minimum Gasteiger partial charge on any atom is -0.428 e. The number of ether oxygens (including phenoxy) is 3. The predicted octanol–water partition coefficient (Wildman–Crippen LogP) is 4.23. The van der Waals surface area contributed by atoms with Crippen LogP contribution in [0.3, 0.4) is 0 Å². The van der Waals surface area contributed by atoms with Crippen LogP contribution in [0.1, 0.15) is 44.9 Å². The smallest absolute Gasteiger partial charge is 0.428 e. The summed E-state index contributed by atoms with van der Waals surface area (Å²) in [6.45, 7) is 0.586. The Labute approximate surface area is 219 Å². The molecular weight excluding hydrogens is 492 g/mol. The van der Waals surface area contributed by atoms with Crippen LogP contribution in [-0.2, 0) is 28.5 Å². The van der Waals surface area contributed by atoms with Gasteiger partial charge in [0.15, 0.2) is 0 Å². The van der Waals surface area contributed by atoms with Gasteiger partial charge >= 0.3 is 6.16 Å². The molecule has 8 bridgehead atoms. The van der Waals surface area contributed by atoms with E-state index in [1.54, 1.807) is 0 Å². The zero-order valence-electron chi connectivity index (χ0n) is 21.4. The summed E-state index contributed by atoms with van der Waals surface area (Å²) >= 11 is 0. The lowest BCUT2D eigenvalue weighted by Crippen LogP contribution is -2.53. The molecule has 17 atom stereocenters. The van der Waals surface area contributed by atoms with Gasteiger partial charge in [0.05, 0.1) is 12.9 Å². The molecule has 1 aliphatic heterocycles. The van der Waals surface area contributed by atoms with E-state index >= 15 is 0 Å². The summed E-state index contributed by atoms with van der Waals surface area (Å²) in [5, 5.41) is 0. The summed E-state index contributed by atoms with van der Waals surface area (Å²) in [5.41, 5.74) is 0. The number of carbonyl (C=O) groups is 1. The zero-order chi connectivity index (χ0) is 24.8. The fourth-order valence-electron chi connectivity index (χ4n) is 12.9. The monoisotopic (exact) mass is 530 g/mol. The van der Waals surface area contributed by atoms with Crippen LogP contribution in [-0.4, -0.2) is 45.9 Å². The number of hydrogen-bond donors (Lipinski definition) is 0. The molecule has 1 heterocycles. The zero-order valence-corrected chi connectivity index (χ0v) is 22.2. The molecule has 0 aromatic rings. The second kappa shape index (κ2) is 7.54. The highest BCUT2D eigenvalue weighted by Crippen LogP contribution is 2.81. The van der Waals surface area contributed by atoms with Crippen LogP contribution in [0.5, 0.6) is 0 Å². The average Bonchev–Trinajstić information content (AvgIpc) is 3.69. The van der Waals surface area contributed by atoms with Gasteiger partial charge in [0.2, 0.25) is 6.29 Å². The summed E-state index contributed by atoms with van der Waals surface area (Å²) in [4.78, 5) is 12.9. The summed E-state index contributed by atoms with van der Waals surface area (Å²) in [5.74, 6) is 9.67. The van der Waals surface area contributed by atoms with Crippen LogP contribution in [0.15, 0.2) is 12.2 Å². The molecule has 0 radical (unpaired) electrons. The fraction of sp³-hybridized carbons (Fsp3) is 0.897. The molecule has 37 heavy (non-hydrogen) atoms. The van der Waals surface area contributed by atoms with Gasteiger partial charge in [0, 0.05) is 12.3 Å². The molecule has 0 aromatic heterocycles. The second-order valence-electron chi connectivity index (χ2n) is 14.1. The second-order valence-corrected chi connectivity index (χ2v) is 15.7. The first-order valence-corrected chi connectivity index (χ1v) is 16.7. The molecule has 1 saturated heterocycles. The Morgan fingerprint density at radius 2 is 1.30 bits per heavy atom. The lowest BCUT2D eigenvalue weighted by molar-refractivity contribution is -0.159. The van der Waals surface area contributed by atoms with Gasteiger partial charge < -0.3 is 14.2 Å². The highest BCUT2D eigenvalue weighted by atomic mass is 32.2. The molecule has 8 heteroatoms. The van der Waals surface area contributed by atoms with Gasteiger partial charge in [0.1, 0.15) is 12.2 Å². The third-order valence-electron chi connectivity index (χ3n) is 13.1. The molecule has 7 saturated carbocycles. The first kappa shape index (κ1) is 22.7. The van der Waals surface area contributed by atoms with Gasteiger partial charge in [-0.3, -0.25) is 4.18 Å². The Morgan fingerprint density at radius 3 is 1.89 bits per heavy atom. The van der Waals surface area contributed by atoms with Crippen molar-refractivity contribution in [3.63, 3.8) is 0 Å². The SMILES string of the molecule is CS(=O)(=O)OC1C2CC(C1OC(=O)OC1CCCCO1)C1C3CC(C21)C1C2CC(C4C5C=CC(C5)C24)C31. The Morgan fingerprint density at radius 1 is 0.730 bits per heavy atom. The Bertz CT molecular complexity index is 1140. The van der Waals surface area contributed by atoms with Crippen LogP contribution in [0.4, 0.5) is 4.79 Å². The maximum absolute atomic E-state index is 12.9. The Hall–Kier alpha value is -1.12. The minimum atomic E-state index is -3.68. The van der Waals surface area contributed by atoms with E-state index in [4.69, 9.17) is 18.4 Å². The molecule has 202 valence electrons. The van der Waals surface area contributed by atoms with Crippen LogP contribution in [0.25, 0.3) is 0 Å². The molecule has 0 amide bonds. The quantitative estimate of drug-likeness (QED) is 0.233. The largest absolute Gasteiger partial charge is 0.510 e. The Kier molecular flexibility index (Phi) is 4.62. The van der Waals surface area contributed by atoms with Crippen molar-refractivity contribution in [2.24, 2.45) is 82.9 Å². The van der Waals surface area contributed by atoms with Crippen molar-refractivity contribution in [1.82, 2.24) is 0 Å². The van der Waals surface area contributed by atoms with Gasteiger partial charge in [0.25, 0.3) is 10.1 Å². The molecule has 0 spiro atoms. The lowest BCUT2D eigenvalue weighted by atomic mass is 9.55. The van der Waals surface area contributed by atoms with Gasteiger partial charge in [-0.15, -0.1) is 0 Å². The third kappa shape index (κ3) is 2.96. The lowest BCUT2D eigenvalue weighted by Gasteiger charge is -2.51. The Balaban J connectivity index is 1.000. The summed E-state index contributed by atoms with van der Waals surface area (Å²) in [6.07, 6.45) is 11.4. The predicted molar refractivity (Wildman–Crippen MR) is 131 cm³/mol. The molecule has 9 rings (SSSR count). The summed E-state index contributed by atoms with van der Waals surface area (Å²) < 4.78 is 47.4. The average molecular weight is 531 g/mol. The van der Waals surface area contributed by atoms with Crippen molar-refractivity contribution in [1.29, 1.82) is 0 Å². The maximum atomic E-state index is 12.9. The van der Waals surface area contributed by atoms with Crippen molar-refractivity contribution < 1.29 is 31.6 Å². The van der Waals surface area contributed by atoms with Crippen LogP contribution < -0.4 is 0 Å². The van der Waals surface area contributed by atoms with Crippen molar-refractivity contribution in [3.8, 4) is 0 Å². The van der Waals surface area contributed by atoms with E-state index in [1.165, 1.54) is 19.3 Å². The molecule has 9 aliphatic rings. The van der Waals surface area contributed by atoms with E-state index in [9.17, 15) is 13.2 Å². The van der Waals surface area contributed by atoms with E-state index in [2.05, 4.69) is 12.2 Å². The highest BCUT2D eigenvalue weighted by molar-refractivity contribution is 7.86. The third-order valence-corrected chi connectivity index (χ3v) is 13.7. The van der Waals surface area contributed by atoms with Gasteiger partial charge in [-0.25, -0.2) is 4.79 Å². The number of fused-ring (bicyclic) bond motifs is 23. The number of carbonyl (C=O) groups excluding carboxylic acids is 1. The van der Waals surface area contributed by atoms with Crippen LogP contribution >= 0.6 is 0 Å². The van der Waals surface area contributed by atoms with Gasteiger partial charge in [-0.05, 0) is 115 Å². The van der Waals surface area contributed by atoms with E-state index in [0.29, 0.717) is 36.7 Å². The minimum absolute atomic E-state index is 0.152.